The lowest BCUT2D eigenvalue weighted by Crippen LogP contribution is -2.40. The second-order valence-corrected chi connectivity index (χ2v) is 13.4. The molecule has 7 rings (SSSR count). The third-order valence-electron chi connectivity index (χ3n) is 8.34. The molecule has 0 spiro atoms. The van der Waals surface area contributed by atoms with Crippen LogP contribution in [0.5, 0.6) is 0 Å². The number of halogens is 1. The first-order valence-corrected chi connectivity index (χ1v) is 16.8. The first kappa shape index (κ1) is 32.5. The molecule has 12 nitrogen and oxygen atoms in total. The number of hydrogen-bond donors (Lipinski definition) is 2. The van der Waals surface area contributed by atoms with Gasteiger partial charge < -0.3 is 20.3 Å². The molecule has 0 radical (unpaired) electrons. The molecule has 250 valence electrons. The van der Waals surface area contributed by atoms with Gasteiger partial charge in [0.2, 0.25) is 0 Å². The second kappa shape index (κ2) is 13.8. The monoisotopic (exact) mass is 676 g/mol. The third-order valence-corrected chi connectivity index (χ3v) is 8.65. The van der Waals surface area contributed by atoms with Crippen LogP contribution in [0.4, 0.5) is 10.6 Å². The summed E-state index contributed by atoms with van der Waals surface area (Å²) in [6.07, 6.45) is 8.80. The smallest absolute Gasteiger partial charge is 0.410 e. The quantitative estimate of drug-likeness (QED) is 0.205. The molecule has 0 aliphatic carbocycles. The van der Waals surface area contributed by atoms with E-state index in [1.165, 1.54) is 0 Å². The van der Waals surface area contributed by atoms with Crippen molar-refractivity contribution in [2.24, 2.45) is 0 Å². The Morgan fingerprint density at radius 2 is 1.63 bits per heavy atom. The third kappa shape index (κ3) is 7.50. The largest absolute Gasteiger partial charge is 0.444 e. The van der Waals surface area contributed by atoms with Crippen LogP contribution in [-0.4, -0.2) is 71.1 Å². The van der Waals surface area contributed by atoms with E-state index in [4.69, 9.17) is 31.3 Å². The Kier molecular flexibility index (Phi) is 9.15. The van der Waals surface area contributed by atoms with Crippen LogP contribution in [-0.2, 0) is 37.1 Å². The van der Waals surface area contributed by atoms with Crippen LogP contribution in [0, 0.1) is 0 Å². The highest BCUT2D eigenvalue weighted by molar-refractivity contribution is 6.30. The molecular formula is C36H37ClN10O2. The molecule has 2 aliphatic heterocycles. The summed E-state index contributed by atoms with van der Waals surface area (Å²) in [4.78, 5) is 46.9. The van der Waals surface area contributed by atoms with Crippen LogP contribution in [0.1, 0.15) is 49.0 Å². The number of nitrogens with one attached hydrogen (secondary N) is 2. The molecule has 2 aliphatic rings. The van der Waals surface area contributed by atoms with E-state index >= 15 is 0 Å². The van der Waals surface area contributed by atoms with Crippen molar-refractivity contribution >= 4 is 23.5 Å². The molecule has 13 heteroatoms. The normalized spacial score (nSPS) is 14.2. The zero-order chi connectivity index (χ0) is 34.0. The summed E-state index contributed by atoms with van der Waals surface area (Å²) in [5.74, 6) is 2.06. The van der Waals surface area contributed by atoms with Gasteiger partial charge in [-0.3, -0.25) is 15.0 Å². The summed E-state index contributed by atoms with van der Waals surface area (Å²) >= 11 is 6.68. The minimum absolute atomic E-state index is 0.308. The van der Waals surface area contributed by atoms with Crippen molar-refractivity contribution in [2.45, 2.75) is 58.7 Å². The minimum atomic E-state index is -0.576. The van der Waals surface area contributed by atoms with Gasteiger partial charge in [-0.2, -0.15) is 0 Å². The maximum absolute atomic E-state index is 12.7. The second-order valence-electron chi connectivity index (χ2n) is 13.0. The van der Waals surface area contributed by atoms with Gasteiger partial charge in [0, 0.05) is 104 Å². The SMILES string of the molecule is CC(C)(C)OC(=O)N1CCc2nc(-c3ccnc(-c4ccnc(CCNc5nc(-c6ccncc6)nc6c5CNCC6)c4)c3)nc(Cl)c2C1. The molecular weight excluding hydrogens is 640 g/mol. The number of carbonyl (C=O) groups is 1. The number of nitrogens with zero attached hydrogens (tertiary/aromatic N) is 8. The zero-order valence-electron chi connectivity index (χ0n) is 27.7. The molecule has 0 bridgehead atoms. The topological polar surface area (TPSA) is 144 Å². The lowest BCUT2D eigenvalue weighted by molar-refractivity contribution is 0.0222. The molecule has 2 N–H and O–H groups in total. The summed E-state index contributed by atoms with van der Waals surface area (Å²) in [5.41, 5.74) is 7.57. The van der Waals surface area contributed by atoms with Gasteiger partial charge in [-0.1, -0.05) is 11.6 Å². The Morgan fingerprint density at radius 1 is 0.898 bits per heavy atom. The maximum Gasteiger partial charge on any atom is 0.410 e. The number of amides is 1. The van der Waals surface area contributed by atoms with E-state index < -0.39 is 5.60 Å². The number of pyridine rings is 3. The van der Waals surface area contributed by atoms with Crippen molar-refractivity contribution in [3.8, 4) is 34.0 Å². The average Bonchev–Trinajstić information content (AvgIpc) is 3.11. The van der Waals surface area contributed by atoms with Gasteiger partial charge in [-0.05, 0) is 57.2 Å². The minimum Gasteiger partial charge on any atom is -0.444 e. The van der Waals surface area contributed by atoms with Gasteiger partial charge >= 0.3 is 6.09 Å². The van der Waals surface area contributed by atoms with E-state index in [0.29, 0.717) is 49.3 Å². The number of ether oxygens (including phenoxy) is 1. The lowest BCUT2D eigenvalue weighted by Gasteiger charge is -2.31. The van der Waals surface area contributed by atoms with Crippen molar-refractivity contribution in [3.05, 3.63) is 94.5 Å². The van der Waals surface area contributed by atoms with Crippen LogP contribution in [0.3, 0.4) is 0 Å². The average molecular weight is 677 g/mol. The van der Waals surface area contributed by atoms with Crippen LogP contribution < -0.4 is 10.6 Å². The van der Waals surface area contributed by atoms with Crippen molar-refractivity contribution in [1.82, 2.24) is 45.1 Å². The zero-order valence-corrected chi connectivity index (χ0v) is 28.5. The van der Waals surface area contributed by atoms with Crippen molar-refractivity contribution in [2.75, 3.05) is 25.0 Å². The Labute approximate surface area is 289 Å². The summed E-state index contributed by atoms with van der Waals surface area (Å²) in [6, 6.07) is 11.7. The van der Waals surface area contributed by atoms with E-state index in [9.17, 15) is 4.79 Å². The van der Waals surface area contributed by atoms with Crippen LogP contribution in [0.2, 0.25) is 5.15 Å². The van der Waals surface area contributed by atoms with Crippen LogP contribution in [0.25, 0.3) is 34.0 Å². The number of carbonyl (C=O) groups excluding carboxylic acids is 1. The van der Waals surface area contributed by atoms with Gasteiger partial charge in [0.15, 0.2) is 11.6 Å². The van der Waals surface area contributed by atoms with E-state index in [1.807, 2.05) is 51.1 Å². The van der Waals surface area contributed by atoms with Gasteiger partial charge in [-0.15, -0.1) is 0 Å². The van der Waals surface area contributed by atoms with E-state index in [-0.39, 0.29) is 6.09 Å². The number of rotatable bonds is 7. The standard InChI is InChI=1S/C36H37ClN10O2/c1-36(2,3)49-35(48)47-17-10-29-27(21-47)31(37)45-33(44-29)24-7-15-41-30(19-24)23-6-14-40-25(18-23)8-16-42-34-26-20-39-13-9-28(26)43-32(46-34)22-4-11-38-12-5-22/h4-7,11-12,14-15,18-19,39H,8-10,13,16-17,20-21H2,1-3H3,(H,42,43,46). The number of aromatic nitrogens is 7. The Morgan fingerprint density at radius 3 is 2.45 bits per heavy atom. The molecule has 49 heavy (non-hydrogen) atoms. The van der Waals surface area contributed by atoms with E-state index in [1.54, 1.807) is 29.7 Å². The number of anilines is 1. The first-order valence-electron chi connectivity index (χ1n) is 16.4. The molecule has 0 aromatic carbocycles. The van der Waals surface area contributed by atoms with Gasteiger partial charge in [0.1, 0.15) is 16.6 Å². The summed E-state index contributed by atoms with van der Waals surface area (Å²) in [7, 11) is 0. The summed E-state index contributed by atoms with van der Waals surface area (Å²) in [5, 5.41) is 7.32. The molecule has 0 unspecified atom stereocenters. The molecule has 0 saturated heterocycles. The molecule has 0 atom stereocenters. The van der Waals surface area contributed by atoms with Crippen molar-refractivity contribution < 1.29 is 9.53 Å². The molecule has 1 amide bonds. The fraction of sp³-hybridized carbons (Fsp3) is 0.333. The fourth-order valence-corrected chi connectivity index (χ4v) is 6.16. The summed E-state index contributed by atoms with van der Waals surface area (Å²) in [6.45, 7) is 8.63. The Bertz CT molecular complexity index is 2000. The number of fused-ring (bicyclic) bond motifs is 2. The first-order chi connectivity index (χ1) is 23.7. The van der Waals surface area contributed by atoms with Crippen molar-refractivity contribution in [3.63, 3.8) is 0 Å². The Hall–Kier alpha value is -5.07. The van der Waals surface area contributed by atoms with Gasteiger partial charge in [0.25, 0.3) is 0 Å². The van der Waals surface area contributed by atoms with E-state index in [2.05, 4.69) is 36.6 Å². The highest BCUT2D eigenvalue weighted by atomic mass is 35.5. The molecule has 0 saturated carbocycles. The van der Waals surface area contributed by atoms with E-state index in [0.717, 1.165) is 75.9 Å². The highest BCUT2D eigenvalue weighted by Crippen LogP contribution is 2.30. The number of hydrogen-bond acceptors (Lipinski definition) is 11. The molecule has 0 fully saturated rings. The maximum atomic E-state index is 12.7. The molecule has 7 heterocycles. The highest BCUT2D eigenvalue weighted by Gasteiger charge is 2.29. The lowest BCUT2D eigenvalue weighted by atomic mass is 10.1. The fourth-order valence-electron chi connectivity index (χ4n) is 5.92. The predicted octanol–water partition coefficient (Wildman–Crippen LogP) is 5.70. The Balaban J connectivity index is 1.06. The van der Waals surface area contributed by atoms with Gasteiger partial charge in [0.05, 0.1) is 23.6 Å². The molecule has 5 aromatic rings. The summed E-state index contributed by atoms with van der Waals surface area (Å²) < 4.78 is 5.55. The van der Waals surface area contributed by atoms with Crippen LogP contribution >= 0.6 is 11.6 Å². The molecule has 5 aromatic heterocycles. The predicted molar refractivity (Wildman–Crippen MR) is 187 cm³/mol. The van der Waals surface area contributed by atoms with Crippen LogP contribution in [0.15, 0.2) is 61.2 Å². The van der Waals surface area contributed by atoms with Gasteiger partial charge in [-0.25, -0.2) is 24.7 Å². The van der Waals surface area contributed by atoms with Crippen molar-refractivity contribution in [1.29, 1.82) is 0 Å².